The second-order valence-corrected chi connectivity index (χ2v) is 20.4. The van der Waals surface area contributed by atoms with Gasteiger partial charge >= 0.3 is 0 Å². The fourth-order valence-electron chi connectivity index (χ4n) is 9.35. The summed E-state index contributed by atoms with van der Waals surface area (Å²) in [5.74, 6) is -2.89. The first-order valence-electron chi connectivity index (χ1n) is 27.3. The Kier molecular flexibility index (Phi) is 32.8. The van der Waals surface area contributed by atoms with E-state index < -0.39 is 167 Å². The highest BCUT2D eigenvalue weighted by Crippen LogP contribution is 2.32. The lowest BCUT2D eigenvalue weighted by Gasteiger charge is -2.46. The van der Waals surface area contributed by atoms with E-state index in [0.717, 1.165) is 0 Å². The van der Waals surface area contributed by atoms with Gasteiger partial charge in [0.25, 0.3) is 0 Å². The maximum atomic E-state index is 13.3. The second kappa shape index (κ2) is 37.0. The Morgan fingerprint density at radius 1 is 0.481 bits per heavy atom. The fraction of sp³-hybridized carbons (Fsp3) is 0.900. The molecule has 3 aliphatic heterocycles. The van der Waals surface area contributed by atoms with Crippen LogP contribution in [-0.4, -0.2) is 303 Å². The van der Waals surface area contributed by atoms with Gasteiger partial charge in [0.05, 0.1) is 64.4 Å². The van der Waals surface area contributed by atoms with Gasteiger partial charge in [0.2, 0.25) is 29.5 Å². The van der Waals surface area contributed by atoms with Crippen molar-refractivity contribution >= 4 is 29.5 Å². The molecule has 3 saturated heterocycles. The molecule has 31 nitrogen and oxygen atoms in total. The van der Waals surface area contributed by atoms with Gasteiger partial charge in [0.1, 0.15) is 79.4 Å². The molecular weight excluding hydrogens is 1080 g/mol. The van der Waals surface area contributed by atoms with Crippen molar-refractivity contribution in [3.05, 3.63) is 0 Å². The first kappa shape index (κ1) is 71.8. The topological polar surface area (TPSA) is 476 Å². The van der Waals surface area contributed by atoms with E-state index in [4.69, 9.17) is 33.2 Å². The Bertz CT molecular complexity index is 1850. The molecule has 4 aliphatic rings. The quantitative estimate of drug-likeness (QED) is 0.0266. The smallest absolute Gasteiger partial charge is 0.234 e. The minimum atomic E-state index is -1.95. The van der Waals surface area contributed by atoms with Crippen LogP contribution < -0.4 is 26.6 Å². The molecule has 3 heterocycles. The molecule has 0 unspecified atom stereocenters. The molecule has 81 heavy (non-hydrogen) atoms. The third-order valence-corrected chi connectivity index (χ3v) is 14.1. The molecule has 0 bridgehead atoms. The normalized spacial score (nSPS) is 34.2. The van der Waals surface area contributed by atoms with Crippen LogP contribution >= 0.6 is 0 Å². The molecule has 5 amide bonds. The van der Waals surface area contributed by atoms with Crippen molar-refractivity contribution in [3.8, 4) is 0 Å². The third-order valence-electron chi connectivity index (χ3n) is 14.1. The van der Waals surface area contributed by atoms with Crippen LogP contribution in [0, 0.1) is 5.92 Å². The number of aliphatic hydroxyl groups is 13. The minimum absolute atomic E-state index is 0. The number of hydrogen-bond acceptors (Lipinski definition) is 26. The number of aliphatic hydroxyl groups excluding tert-OH is 13. The molecule has 20 atom stereocenters. The molecule has 472 valence electrons. The maximum absolute atomic E-state index is 13.3. The summed E-state index contributed by atoms with van der Waals surface area (Å²) in [6.07, 6.45) is -26.0. The lowest BCUT2D eigenvalue weighted by molar-refractivity contribution is -0.361. The molecular formula is C50H92N6O25. The van der Waals surface area contributed by atoms with Gasteiger partial charge in [0.15, 0.2) is 18.9 Å². The number of unbranched alkanes of at least 4 members (excludes halogenated alkanes) is 4. The van der Waals surface area contributed by atoms with E-state index in [0.29, 0.717) is 51.5 Å². The van der Waals surface area contributed by atoms with Crippen LogP contribution in [-0.2, 0) is 57.1 Å². The molecule has 0 aromatic rings. The molecule has 0 radical (unpaired) electrons. The van der Waals surface area contributed by atoms with Crippen LogP contribution in [0.3, 0.4) is 0 Å². The standard InChI is InChI=1S/C49H88N6O25.CH4/c1-3-50-30(58)10-6-4-8-12-51-32(60)19-55(20-33(61)52-13-9-5-7-11-31(59)53-14-16-74-47-43(71)40(68)35(63)25(2)77-47)21-34(62)54-15-17-75-48-45(73)46(80-49-44(72)42(70)38(66)28(23-57)78-49)39(67)29(79-48)24-76-27-18-26(22-56)36(64)41(69)37(27)65;/h25-29,35-49,56-57,63-73H,3-24H2,1-2H3,(H,50,58)(H,51,60)(H,52,61)(H,53,59)(H,54,62);1H4/t25-,26+,27-,28+,29+,35+,36+,37+,38+,39+,40+,41-,42-,43-,44-,45-,46-,47+,48-,49+;/m0./s1. The number of carbonyl (C=O) groups excluding carboxylic acids is 5. The summed E-state index contributed by atoms with van der Waals surface area (Å²) in [7, 11) is 0. The molecule has 4 fully saturated rings. The zero-order valence-corrected chi connectivity index (χ0v) is 45.3. The van der Waals surface area contributed by atoms with Crippen molar-refractivity contribution < 1.29 is 124 Å². The largest absolute Gasteiger partial charge is 0.396 e. The van der Waals surface area contributed by atoms with Crippen LogP contribution in [0.1, 0.15) is 79.1 Å². The van der Waals surface area contributed by atoms with Crippen molar-refractivity contribution in [2.45, 2.75) is 196 Å². The van der Waals surface area contributed by atoms with Gasteiger partial charge < -0.3 is 126 Å². The Morgan fingerprint density at radius 2 is 0.963 bits per heavy atom. The van der Waals surface area contributed by atoms with Gasteiger partial charge in [-0.05, 0) is 46.0 Å². The van der Waals surface area contributed by atoms with Crippen molar-refractivity contribution in [1.82, 2.24) is 31.5 Å². The van der Waals surface area contributed by atoms with E-state index >= 15 is 0 Å². The Hall–Kier alpha value is -3.49. The summed E-state index contributed by atoms with van der Waals surface area (Å²) >= 11 is 0. The van der Waals surface area contributed by atoms with Gasteiger partial charge in [0, 0.05) is 58.1 Å². The van der Waals surface area contributed by atoms with Crippen molar-refractivity contribution in [2.24, 2.45) is 5.92 Å². The monoisotopic (exact) mass is 1180 g/mol. The first-order valence-corrected chi connectivity index (χ1v) is 27.3. The summed E-state index contributed by atoms with van der Waals surface area (Å²) < 4.78 is 39.3. The van der Waals surface area contributed by atoms with Crippen LogP contribution in [0.25, 0.3) is 0 Å². The summed E-state index contributed by atoms with van der Waals surface area (Å²) in [6, 6.07) is 0. The van der Waals surface area contributed by atoms with Crippen molar-refractivity contribution in [2.75, 3.05) is 85.4 Å². The Balaban J connectivity index is 0.0000172. The summed E-state index contributed by atoms with van der Waals surface area (Å²) in [4.78, 5) is 64.9. The maximum Gasteiger partial charge on any atom is 0.234 e. The van der Waals surface area contributed by atoms with Gasteiger partial charge in [-0.3, -0.25) is 28.9 Å². The van der Waals surface area contributed by atoms with Gasteiger partial charge in [-0.2, -0.15) is 0 Å². The van der Waals surface area contributed by atoms with Crippen LogP contribution in [0.15, 0.2) is 0 Å². The fourth-order valence-corrected chi connectivity index (χ4v) is 9.35. The van der Waals surface area contributed by atoms with Crippen LogP contribution in [0.4, 0.5) is 0 Å². The Morgan fingerprint density at radius 3 is 1.51 bits per heavy atom. The van der Waals surface area contributed by atoms with E-state index in [2.05, 4.69) is 26.6 Å². The zero-order chi connectivity index (χ0) is 59.1. The van der Waals surface area contributed by atoms with Gasteiger partial charge in [-0.1, -0.05) is 20.3 Å². The lowest BCUT2D eigenvalue weighted by atomic mass is 9.81. The van der Waals surface area contributed by atoms with E-state index in [9.17, 15) is 90.4 Å². The summed E-state index contributed by atoms with van der Waals surface area (Å²) in [6.45, 7) is 0.597. The number of nitrogens with zero attached hydrogens (tertiary/aromatic N) is 1. The predicted octanol–water partition coefficient (Wildman–Crippen LogP) is -8.38. The number of hydrogen-bond donors (Lipinski definition) is 18. The summed E-state index contributed by atoms with van der Waals surface area (Å²) in [5.41, 5.74) is 0. The highest BCUT2D eigenvalue weighted by molar-refractivity contribution is 5.84. The van der Waals surface area contributed by atoms with Crippen LogP contribution in [0.2, 0.25) is 0 Å². The highest BCUT2D eigenvalue weighted by Gasteiger charge is 2.52. The van der Waals surface area contributed by atoms with E-state index in [1.807, 2.05) is 6.92 Å². The molecule has 31 heteroatoms. The number of rotatable bonds is 34. The average molecular weight is 1180 g/mol. The molecule has 0 aromatic heterocycles. The lowest BCUT2D eigenvalue weighted by Crippen LogP contribution is -2.65. The number of amides is 5. The van der Waals surface area contributed by atoms with E-state index in [-0.39, 0.29) is 84.6 Å². The first-order chi connectivity index (χ1) is 38.1. The second-order valence-electron chi connectivity index (χ2n) is 20.4. The molecule has 4 rings (SSSR count). The van der Waals surface area contributed by atoms with Crippen molar-refractivity contribution in [1.29, 1.82) is 0 Å². The number of nitrogens with one attached hydrogen (secondary N) is 5. The zero-order valence-electron chi connectivity index (χ0n) is 45.3. The summed E-state index contributed by atoms with van der Waals surface area (Å²) in [5, 5.41) is 148. The predicted molar refractivity (Wildman–Crippen MR) is 277 cm³/mol. The van der Waals surface area contributed by atoms with E-state index in [1.165, 1.54) is 11.8 Å². The van der Waals surface area contributed by atoms with Crippen molar-refractivity contribution in [3.63, 3.8) is 0 Å². The molecule has 0 aromatic carbocycles. The highest BCUT2D eigenvalue weighted by atomic mass is 16.7. The molecule has 1 saturated carbocycles. The molecule has 1 aliphatic carbocycles. The Labute approximate surface area is 470 Å². The minimum Gasteiger partial charge on any atom is -0.396 e. The van der Waals surface area contributed by atoms with Gasteiger partial charge in [-0.15, -0.1) is 0 Å². The van der Waals surface area contributed by atoms with Gasteiger partial charge in [-0.25, -0.2) is 0 Å². The number of ether oxygens (including phenoxy) is 7. The van der Waals surface area contributed by atoms with Crippen LogP contribution in [0.5, 0.6) is 0 Å². The van der Waals surface area contributed by atoms with E-state index in [1.54, 1.807) is 0 Å². The SMILES string of the molecule is C.CCNC(=O)CCCCCNC(=O)CN(CC(=O)NCCCCCC(=O)NCCO[C@@H]1O[C@@H](C)[C@@H](O)[C@@H](O)[C@@H]1O)CC(=O)NCCO[C@H]1O[C@H](CO[C@H]2C[C@H](CO)[C@@H](O)[C@H](O)[C@@H]2O)[C@@H](O)[C@H](O[C@H]2O[C@H](CO)[C@@H](O)[C@H](O)[C@@H]2O)[C@@H]1O. The molecule has 0 spiro atoms. The number of carbonyl (C=O) groups is 5. The third kappa shape index (κ3) is 22.8. The average Bonchev–Trinajstić information content (AvgIpc) is 3.43. The molecule has 18 N–H and O–H groups in total.